The fraction of sp³-hybridized carbons (Fsp3) is 0.889. The van der Waals surface area contributed by atoms with Crippen LogP contribution in [0.4, 0.5) is 4.79 Å². The molecule has 0 saturated carbocycles. The van der Waals surface area contributed by atoms with Gasteiger partial charge in [0.1, 0.15) is 0 Å². The fourth-order valence-electron chi connectivity index (χ4n) is 1.29. The second-order valence-corrected chi connectivity index (χ2v) is 5.13. The first-order valence-corrected chi connectivity index (χ1v) is 6.68. The maximum absolute atomic E-state index is 11.5. The zero-order chi connectivity index (χ0) is 11.1. The monoisotopic (exact) mass is 234 g/mol. The van der Waals surface area contributed by atoms with Crippen LogP contribution in [0.25, 0.3) is 0 Å². The molecule has 1 fully saturated rings. The van der Waals surface area contributed by atoms with Crippen LogP contribution in [0, 0.1) is 0 Å². The lowest BCUT2D eigenvalue weighted by Gasteiger charge is -2.26. The quantitative estimate of drug-likeness (QED) is 0.732. The second-order valence-electron chi connectivity index (χ2n) is 3.26. The van der Waals surface area contributed by atoms with E-state index in [1.54, 1.807) is 4.90 Å². The van der Waals surface area contributed by atoms with Crippen LogP contribution in [0.5, 0.6) is 0 Å². The molecule has 0 aromatic carbocycles. The number of hydrogen-bond donors (Lipinski definition) is 1. The van der Waals surface area contributed by atoms with E-state index in [1.807, 2.05) is 6.92 Å². The van der Waals surface area contributed by atoms with Crippen molar-refractivity contribution in [2.75, 3.05) is 44.4 Å². The van der Waals surface area contributed by atoms with Crippen LogP contribution in [0.15, 0.2) is 0 Å². The molecule has 0 aliphatic carbocycles. The molecule has 1 N–H and O–H groups in total. The summed E-state index contributed by atoms with van der Waals surface area (Å²) in [5.74, 6) is 1.18. The van der Waals surface area contributed by atoms with Crippen molar-refractivity contribution in [3.63, 3.8) is 0 Å². The summed E-state index contributed by atoms with van der Waals surface area (Å²) >= 11 is 0. The Balaban J connectivity index is 2.14. The molecule has 5 nitrogen and oxygen atoms in total. The van der Waals surface area contributed by atoms with Gasteiger partial charge in [-0.3, -0.25) is 4.21 Å². The number of amides is 2. The molecule has 1 atom stereocenters. The fourth-order valence-corrected chi connectivity index (χ4v) is 1.91. The van der Waals surface area contributed by atoms with Crippen molar-refractivity contribution in [2.45, 2.75) is 6.92 Å². The SMILES string of the molecule is CCS(=O)CCNC(=O)N1CCOCC1. The summed E-state index contributed by atoms with van der Waals surface area (Å²) in [5, 5.41) is 2.76. The Bertz CT molecular complexity index is 229. The van der Waals surface area contributed by atoms with Crippen LogP contribution in [0.1, 0.15) is 6.92 Å². The third kappa shape index (κ3) is 4.61. The van der Waals surface area contributed by atoms with Crippen LogP contribution in [0.3, 0.4) is 0 Å². The molecule has 1 unspecified atom stereocenters. The lowest BCUT2D eigenvalue weighted by molar-refractivity contribution is 0.0533. The van der Waals surface area contributed by atoms with Gasteiger partial charge < -0.3 is 15.0 Å². The average molecular weight is 234 g/mol. The molecular formula is C9H18N2O3S. The first-order valence-electron chi connectivity index (χ1n) is 5.19. The number of urea groups is 1. The molecule has 15 heavy (non-hydrogen) atoms. The molecular weight excluding hydrogens is 216 g/mol. The smallest absolute Gasteiger partial charge is 0.317 e. The topological polar surface area (TPSA) is 58.6 Å². The summed E-state index contributed by atoms with van der Waals surface area (Å²) in [4.78, 5) is 13.2. The zero-order valence-corrected chi connectivity index (χ0v) is 9.85. The molecule has 88 valence electrons. The maximum atomic E-state index is 11.5. The number of carbonyl (C=O) groups is 1. The van der Waals surface area contributed by atoms with E-state index in [9.17, 15) is 9.00 Å². The molecule has 1 aliphatic heterocycles. The number of carbonyl (C=O) groups excluding carboxylic acids is 1. The predicted molar refractivity (Wildman–Crippen MR) is 59.3 cm³/mol. The molecule has 0 bridgehead atoms. The Hall–Kier alpha value is -0.620. The minimum Gasteiger partial charge on any atom is -0.378 e. The average Bonchev–Trinajstić information content (AvgIpc) is 2.29. The van der Waals surface area contributed by atoms with Crippen LogP contribution >= 0.6 is 0 Å². The lowest BCUT2D eigenvalue weighted by Crippen LogP contribution is -2.46. The number of nitrogens with zero attached hydrogens (tertiary/aromatic N) is 1. The molecule has 2 amide bonds. The summed E-state index contributed by atoms with van der Waals surface area (Å²) in [6.07, 6.45) is 0. The van der Waals surface area contributed by atoms with Gasteiger partial charge in [0.05, 0.1) is 13.2 Å². The molecule has 1 heterocycles. The van der Waals surface area contributed by atoms with Gasteiger partial charge in [-0.1, -0.05) is 6.92 Å². The Morgan fingerprint density at radius 1 is 1.47 bits per heavy atom. The minimum absolute atomic E-state index is 0.0774. The maximum Gasteiger partial charge on any atom is 0.317 e. The van der Waals surface area contributed by atoms with Crippen LogP contribution in [0.2, 0.25) is 0 Å². The van der Waals surface area contributed by atoms with E-state index in [0.717, 1.165) is 0 Å². The van der Waals surface area contributed by atoms with E-state index in [1.165, 1.54) is 0 Å². The summed E-state index contributed by atoms with van der Waals surface area (Å²) < 4.78 is 16.2. The number of ether oxygens (including phenoxy) is 1. The van der Waals surface area contributed by atoms with Crippen LogP contribution in [-0.2, 0) is 15.5 Å². The second kappa shape index (κ2) is 6.79. The van der Waals surface area contributed by atoms with Gasteiger partial charge in [-0.15, -0.1) is 0 Å². The predicted octanol–water partition coefficient (Wildman–Crippen LogP) is -0.203. The van der Waals surface area contributed by atoms with Crippen molar-refractivity contribution in [3.8, 4) is 0 Å². The molecule has 1 aliphatic rings. The highest BCUT2D eigenvalue weighted by Crippen LogP contribution is 1.96. The highest BCUT2D eigenvalue weighted by Gasteiger charge is 2.15. The summed E-state index contributed by atoms with van der Waals surface area (Å²) in [6, 6.07) is -0.0774. The summed E-state index contributed by atoms with van der Waals surface area (Å²) in [7, 11) is -0.806. The van der Waals surface area contributed by atoms with Gasteiger partial charge in [-0.05, 0) is 0 Å². The molecule has 6 heteroatoms. The van der Waals surface area contributed by atoms with Crippen molar-refractivity contribution in [3.05, 3.63) is 0 Å². The summed E-state index contributed by atoms with van der Waals surface area (Å²) in [6.45, 7) is 4.85. The van der Waals surface area contributed by atoms with Crippen molar-refractivity contribution < 1.29 is 13.7 Å². The third-order valence-electron chi connectivity index (χ3n) is 2.23. The van der Waals surface area contributed by atoms with Gasteiger partial charge in [0.25, 0.3) is 0 Å². The molecule has 0 spiro atoms. The van der Waals surface area contributed by atoms with Crippen molar-refractivity contribution >= 4 is 16.8 Å². The van der Waals surface area contributed by atoms with Gasteiger partial charge in [0.2, 0.25) is 0 Å². The number of morpholine rings is 1. The molecule has 0 radical (unpaired) electrons. The number of rotatable bonds is 4. The summed E-state index contributed by atoms with van der Waals surface area (Å²) in [5.41, 5.74) is 0. The molecule has 1 saturated heterocycles. The third-order valence-corrected chi connectivity index (χ3v) is 3.53. The van der Waals surface area contributed by atoms with E-state index in [2.05, 4.69) is 5.32 Å². The first-order chi connectivity index (χ1) is 7.24. The Kier molecular flexibility index (Phi) is 5.63. The lowest BCUT2D eigenvalue weighted by atomic mass is 10.4. The minimum atomic E-state index is -0.806. The van der Waals surface area contributed by atoms with Gasteiger partial charge in [-0.2, -0.15) is 0 Å². The zero-order valence-electron chi connectivity index (χ0n) is 9.03. The van der Waals surface area contributed by atoms with Crippen LogP contribution in [-0.4, -0.2) is 59.5 Å². The van der Waals surface area contributed by atoms with E-state index < -0.39 is 10.8 Å². The molecule has 0 aromatic rings. The largest absolute Gasteiger partial charge is 0.378 e. The molecule has 1 rings (SSSR count). The Labute approximate surface area is 92.6 Å². The normalized spacial score (nSPS) is 18.6. The standard InChI is InChI=1S/C9H18N2O3S/c1-2-15(13)8-3-10-9(12)11-4-6-14-7-5-11/h2-8H2,1H3,(H,10,12). The van der Waals surface area contributed by atoms with E-state index in [-0.39, 0.29) is 6.03 Å². The molecule has 0 aromatic heterocycles. The van der Waals surface area contributed by atoms with Gasteiger partial charge in [-0.25, -0.2) is 4.79 Å². The van der Waals surface area contributed by atoms with Crippen molar-refractivity contribution in [2.24, 2.45) is 0 Å². The van der Waals surface area contributed by atoms with Gasteiger partial charge in [0, 0.05) is 41.9 Å². The Morgan fingerprint density at radius 2 is 2.13 bits per heavy atom. The van der Waals surface area contributed by atoms with Gasteiger partial charge in [0.15, 0.2) is 0 Å². The highest BCUT2D eigenvalue weighted by atomic mass is 32.2. The first kappa shape index (κ1) is 12.4. The highest BCUT2D eigenvalue weighted by molar-refractivity contribution is 7.84. The van der Waals surface area contributed by atoms with E-state index in [0.29, 0.717) is 44.4 Å². The van der Waals surface area contributed by atoms with Crippen LogP contribution < -0.4 is 5.32 Å². The Morgan fingerprint density at radius 3 is 2.73 bits per heavy atom. The number of hydrogen-bond acceptors (Lipinski definition) is 3. The van der Waals surface area contributed by atoms with E-state index in [4.69, 9.17) is 4.74 Å². The van der Waals surface area contributed by atoms with Crippen molar-refractivity contribution in [1.29, 1.82) is 0 Å². The van der Waals surface area contributed by atoms with Gasteiger partial charge >= 0.3 is 6.03 Å². The number of nitrogens with one attached hydrogen (secondary N) is 1. The van der Waals surface area contributed by atoms with Crippen molar-refractivity contribution in [1.82, 2.24) is 10.2 Å². The van der Waals surface area contributed by atoms with E-state index >= 15 is 0 Å².